The fourth-order valence-corrected chi connectivity index (χ4v) is 3.65. The Hall–Kier alpha value is -2.86. The molecule has 3 rings (SSSR count). The fourth-order valence-electron chi connectivity index (χ4n) is 3.48. The topological polar surface area (TPSA) is 64.2 Å². The van der Waals surface area contributed by atoms with Crippen molar-refractivity contribution in [2.45, 2.75) is 40.8 Å². The second kappa shape index (κ2) is 8.66. The van der Waals surface area contributed by atoms with Crippen LogP contribution in [0.2, 0.25) is 5.02 Å². The molecule has 1 aromatic heterocycles. The zero-order valence-corrected chi connectivity index (χ0v) is 17.8. The van der Waals surface area contributed by atoms with E-state index in [9.17, 15) is 9.59 Å². The quantitative estimate of drug-likeness (QED) is 0.489. The van der Waals surface area contributed by atoms with Crippen LogP contribution in [0.1, 0.15) is 35.6 Å². The number of hydrogen-bond donors (Lipinski definition) is 1. The average Bonchev–Trinajstić information content (AvgIpc) is 2.96. The number of benzene rings is 2. The molecule has 0 spiro atoms. The summed E-state index contributed by atoms with van der Waals surface area (Å²) in [6, 6.07) is 10.9. The Labute approximate surface area is 175 Å². The molecule has 29 heavy (non-hydrogen) atoms. The van der Waals surface area contributed by atoms with Gasteiger partial charge in [0.05, 0.1) is 18.7 Å². The van der Waals surface area contributed by atoms with Crippen molar-refractivity contribution in [3.63, 3.8) is 0 Å². The minimum Gasteiger partial charge on any atom is -0.462 e. The highest BCUT2D eigenvalue weighted by Crippen LogP contribution is 2.23. The molecule has 7 heteroatoms. The number of fused-ring (bicyclic) bond motifs is 1. The molecule has 6 nitrogen and oxygen atoms in total. The molecule has 0 saturated carbocycles. The molecule has 1 N–H and O–H groups in total. The van der Waals surface area contributed by atoms with Crippen molar-refractivity contribution in [3.05, 3.63) is 58.4 Å². The number of anilines is 1. The second-order valence-electron chi connectivity index (χ2n) is 6.76. The van der Waals surface area contributed by atoms with Crippen LogP contribution in [0.15, 0.2) is 36.4 Å². The minimum absolute atomic E-state index is 0.119. The number of amides is 1. The van der Waals surface area contributed by atoms with Crippen LogP contribution in [-0.2, 0) is 22.6 Å². The molecular weight excluding hydrogens is 390 g/mol. The number of esters is 1. The van der Waals surface area contributed by atoms with Crippen LogP contribution >= 0.6 is 11.6 Å². The van der Waals surface area contributed by atoms with Gasteiger partial charge in [-0.25, -0.2) is 13.9 Å². The van der Waals surface area contributed by atoms with E-state index < -0.39 is 0 Å². The highest BCUT2D eigenvalue weighted by Gasteiger charge is 2.24. The van der Waals surface area contributed by atoms with Gasteiger partial charge >= 0.3 is 5.97 Å². The maximum atomic E-state index is 12.8. The highest BCUT2D eigenvalue weighted by molar-refractivity contribution is 6.31. The number of imidazole rings is 1. The van der Waals surface area contributed by atoms with Gasteiger partial charge < -0.3 is 10.1 Å². The summed E-state index contributed by atoms with van der Waals surface area (Å²) in [6.07, 6.45) is 0. The van der Waals surface area contributed by atoms with Gasteiger partial charge in [0, 0.05) is 23.7 Å². The third-order valence-corrected chi connectivity index (χ3v) is 5.42. The summed E-state index contributed by atoms with van der Waals surface area (Å²) in [4.78, 5) is 24.9. The summed E-state index contributed by atoms with van der Waals surface area (Å²) in [7, 11) is 0. The first kappa shape index (κ1) is 20.9. The predicted octanol–water partition coefficient (Wildman–Crippen LogP) is 4.03. The Bertz CT molecular complexity index is 1090. The van der Waals surface area contributed by atoms with Gasteiger partial charge in [0.25, 0.3) is 11.7 Å². The number of ether oxygens (including phenoxy) is 1. The number of aryl methyl sites for hydroxylation is 1. The predicted molar refractivity (Wildman–Crippen MR) is 113 cm³/mol. The molecule has 0 aliphatic heterocycles. The molecule has 0 aliphatic carbocycles. The molecule has 152 valence electrons. The maximum Gasteiger partial charge on any atom is 0.338 e. The molecule has 1 amide bonds. The molecule has 0 bridgehead atoms. The van der Waals surface area contributed by atoms with Gasteiger partial charge in [-0.1, -0.05) is 17.7 Å². The van der Waals surface area contributed by atoms with E-state index in [1.165, 1.54) is 0 Å². The van der Waals surface area contributed by atoms with Gasteiger partial charge in [0.1, 0.15) is 0 Å². The SMILES string of the molecule is CCOC(=O)c1ccc2c(c1)n(CC(=O)Nc1cccc(Cl)c1C)c(C)[n+]2CC. The number of halogens is 1. The molecule has 3 aromatic rings. The molecule has 0 unspecified atom stereocenters. The van der Waals surface area contributed by atoms with Crippen molar-refractivity contribution in [3.8, 4) is 0 Å². The Kier molecular flexibility index (Phi) is 6.23. The van der Waals surface area contributed by atoms with Gasteiger partial charge in [-0.15, -0.1) is 0 Å². The molecule has 0 radical (unpaired) electrons. The van der Waals surface area contributed by atoms with Crippen LogP contribution in [0.25, 0.3) is 11.0 Å². The van der Waals surface area contributed by atoms with Crippen LogP contribution in [-0.4, -0.2) is 23.1 Å². The second-order valence-corrected chi connectivity index (χ2v) is 7.17. The molecular formula is C22H25ClN3O3+. The first-order valence-electron chi connectivity index (χ1n) is 9.62. The molecule has 1 heterocycles. The van der Waals surface area contributed by atoms with E-state index in [1.807, 2.05) is 37.5 Å². The van der Waals surface area contributed by atoms with Gasteiger partial charge in [-0.05, 0) is 50.6 Å². The largest absolute Gasteiger partial charge is 0.462 e. The van der Waals surface area contributed by atoms with Gasteiger partial charge in [0.15, 0.2) is 17.6 Å². The summed E-state index contributed by atoms with van der Waals surface area (Å²) in [5.74, 6) is 0.392. The number of carbonyl (C=O) groups is 2. The normalized spacial score (nSPS) is 10.9. The number of aromatic nitrogens is 2. The molecule has 0 saturated heterocycles. The summed E-state index contributed by atoms with van der Waals surface area (Å²) in [5, 5.41) is 3.54. The first-order chi connectivity index (χ1) is 13.9. The van der Waals surface area contributed by atoms with Crippen molar-refractivity contribution in [1.29, 1.82) is 0 Å². The van der Waals surface area contributed by atoms with Gasteiger partial charge in [-0.2, -0.15) is 0 Å². The highest BCUT2D eigenvalue weighted by atomic mass is 35.5. The zero-order chi connectivity index (χ0) is 21.1. The summed E-state index contributed by atoms with van der Waals surface area (Å²) in [6.45, 7) is 8.84. The summed E-state index contributed by atoms with van der Waals surface area (Å²) < 4.78 is 9.14. The van der Waals surface area contributed by atoms with Crippen LogP contribution in [0.5, 0.6) is 0 Å². The number of nitrogens with one attached hydrogen (secondary N) is 1. The smallest absolute Gasteiger partial charge is 0.338 e. The monoisotopic (exact) mass is 414 g/mol. The van der Waals surface area contributed by atoms with E-state index in [2.05, 4.69) is 9.88 Å². The standard InChI is InChI=1S/C22H24ClN3O3/c1-5-25-15(4)26(13-21(27)24-18-9-7-8-17(23)14(18)3)20-12-16(10-11-19(20)25)22(28)29-6-2/h7-12H,5-6,13H2,1-4H3/p+1. The van der Waals surface area contributed by atoms with Gasteiger partial charge in [0.2, 0.25) is 0 Å². The molecule has 2 aromatic carbocycles. The Morgan fingerprint density at radius 2 is 1.93 bits per heavy atom. The van der Waals surface area contributed by atoms with E-state index in [1.54, 1.807) is 31.2 Å². The van der Waals surface area contributed by atoms with E-state index in [4.69, 9.17) is 16.3 Å². The van der Waals surface area contributed by atoms with Crippen molar-refractivity contribution < 1.29 is 18.9 Å². The number of hydrogen-bond acceptors (Lipinski definition) is 3. The minimum atomic E-state index is -0.373. The number of rotatable bonds is 6. The lowest BCUT2D eigenvalue weighted by molar-refractivity contribution is -0.674. The number of carbonyl (C=O) groups excluding carboxylic acids is 2. The van der Waals surface area contributed by atoms with Crippen LogP contribution < -0.4 is 9.88 Å². The van der Waals surface area contributed by atoms with E-state index in [0.717, 1.165) is 29.0 Å². The lowest BCUT2D eigenvalue weighted by Crippen LogP contribution is -2.35. The van der Waals surface area contributed by atoms with E-state index >= 15 is 0 Å². The molecule has 0 fully saturated rings. The van der Waals surface area contributed by atoms with Gasteiger partial charge in [-0.3, -0.25) is 4.79 Å². The van der Waals surface area contributed by atoms with Crippen LogP contribution in [0.3, 0.4) is 0 Å². The fraction of sp³-hybridized carbons (Fsp3) is 0.318. The number of nitrogens with zero attached hydrogens (tertiary/aromatic N) is 2. The lowest BCUT2D eigenvalue weighted by Gasteiger charge is -2.09. The summed E-state index contributed by atoms with van der Waals surface area (Å²) >= 11 is 6.15. The van der Waals surface area contributed by atoms with Crippen molar-refractivity contribution in [2.24, 2.45) is 0 Å². The van der Waals surface area contributed by atoms with E-state index in [0.29, 0.717) is 22.9 Å². The zero-order valence-electron chi connectivity index (χ0n) is 17.1. The Morgan fingerprint density at radius 3 is 2.62 bits per heavy atom. The third-order valence-electron chi connectivity index (χ3n) is 5.01. The Morgan fingerprint density at radius 1 is 1.17 bits per heavy atom. The van der Waals surface area contributed by atoms with Crippen LogP contribution in [0, 0.1) is 13.8 Å². The first-order valence-corrected chi connectivity index (χ1v) is 9.99. The third kappa shape index (κ3) is 4.12. The average molecular weight is 415 g/mol. The molecule has 0 aliphatic rings. The maximum absolute atomic E-state index is 12.8. The lowest BCUT2D eigenvalue weighted by atomic mass is 10.2. The van der Waals surface area contributed by atoms with Crippen molar-refractivity contribution in [2.75, 3.05) is 11.9 Å². The van der Waals surface area contributed by atoms with Crippen molar-refractivity contribution >= 4 is 40.2 Å². The van der Waals surface area contributed by atoms with Crippen molar-refractivity contribution in [1.82, 2.24) is 4.57 Å². The van der Waals surface area contributed by atoms with Crippen LogP contribution in [0.4, 0.5) is 5.69 Å². The Balaban J connectivity index is 1.97. The molecule has 0 atom stereocenters. The summed E-state index contributed by atoms with van der Waals surface area (Å²) in [5.41, 5.74) is 3.75. The van der Waals surface area contributed by atoms with E-state index in [-0.39, 0.29) is 18.4 Å².